The third-order valence-corrected chi connectivity index (χ3v) is 3.88. The van der Waals surface area contributed by atoms with Gasteiger partial charge in [0.1, 0.15) is 5.52 Å². The van der Waals surface area contributed by atoms with Gasteiger partial charge in [-0.25, -0.2) is 9.59 Å². The highest BCUT2D eigenvalue weighted by Gasteiger charge is 2.30. The van der Waals surface area contributed by atoms with Crippen LogP contribution in [0.15, 0.2) is 45.6 Å². The summed E-state index contributed by atoms with van der Waals surface area (Å²) in [4.78, 5) is 25.7. The molecule has 136 valence electrons. The molecule has 1 heterocycles. The van der Waals surface area contributed by atoms with Crippen molar-refractivity contribution >= 4 is 34.4 Å². The van der Waals surface area contributed by atoms with Gasteiger partial charge in [-0.3, -0.25) is 4.98 Å². The second kappa shape index (κ2) is 6.75. The Hall–Kier alpha value is -2.94. The fraction of sp³-hybridized carbons (Fsp3) is 0.125. The molecule has 3 rings (SSSR count). The van der Waals surface area contributed by atoms with Crippen molar-refractivity contribution in [1.82, 2.24) is 10.3 Å². The number of fused-ring (bicyclic) bond motifs is 1. The van der Waals surface area contributed by atoms with Crippen molar-refractivity contribution in [3.05, 3.63) is 63.1 Å². The number of hydrogen-bond acceptors (Lipinski definition) is 3. The van der Waals surface area contributed by atoms with Crippen LogP contribution >= 0.6 is 11.6 Å². The van der Waals surface area contributed by atoms with Gasteiger partial charge in [-0.15, -0.1) is 0 Å². The number of aromatic nitrogens is 1. The van der Waals surface area contributed by atoms with Gasteiger partial charge in [0.05, 0.1) is 11.3 Å². The monoisotopic (exact) mass is 385 g/mol. The van der Waals surface area contributed by atoms with E-state index in [1.165, 1.54) is 6.07 Å². The number of hydrogen-bond donors (Lipinski definition) is 3. The molecule has 3 N–H and O–H groups in total. The average molecular weight is 386 g/mol. The van der Waals surface area contributed by atoms with Crippen LogP contribution in [0.4, 0.5) is 23.7 Å². The van der Waals surface area contributed by atoms with E-state index in [-0.39, 0.29) is 17.2 Å². The number of nitrogens with one attached hydrogen (secondary N) is 3. The maximum Gasteiger partial charge on any atom is 0.417 e. The molecule has 0 aliphatic carbocycles. The van der Waals surface area contributed by atoms with Crippen molar-refractivity contribution in [3.63, 3.8) is 0 Å². The molecule has 2 aromatic carbocycles. The molecule has 0 spiro atoms. The maximum absolute atomic E-state index is 12.6. The molecule has 10 heteroatoms. The number of urea groups is 1. The fourth-order valence-corrected chi connectivity index (χ4v) is 2.53. The molecule has 0 fully saturated rings. The van der Waals surface area contributed by atoms with Crippen LogP contribution in [0.3, 0.4) is 0 Å². The minimum Gasteiger partial charge on any atom is -0.408 e. The van der Waals surface area contributed by atoms with Crippen molar-refractivity contribution in [2.24, 2.45) is 0 Å². The van der Waals surface area contributed by atoms with Crippen LogP contribution in [0.2, 0.25) is 5.02 Å². The van der Waals surface area contributed by atoms with Crippen molar-refractivity contribution in [2.75, 3.05) is 5.32 Å². The Bertz CT molecular complexity index is 1030. The summed E-state index contributed by atoms with van der Waals surface area (Å²) in [5, 5.41) is 4.89. The number of carbonyl (C=O) groups excluding carboxylic acids is 1. The zero-order valence-electron chi connectivity index (χ0n) is 12.9. The Morgan fingerprint density at radius 3 is 2.69 bits per heavy atom. The van der Waals surface area contributed by atoms with Crippen LogP contribution in [0.1, 0.15) is 11.1 Å². The summed E-state index contributed by atoms with van der Waals surface area (Å²) in [5.41, 5.74) is 0.360. The smallest absolute Gasteiger partial charge is 0.408 e. The molecule has 26 heavy (non-hydrogen) atoms. The van der Waals surface area contributed by atoms with Crippen LogP contribution in [0, 0.1) is 0 Å². The number of alkyl halides is 3. The Labute approximate surface area is 149 Å². The summed E-state index contributed by atoms with van der Waals surface area (Å²) in [5.74, 6) is -0.661. The lowest BCUT2D eigenvalue weighted by Gasteiger charge is -2.11. The topological polar surface area (TPSA) is 87.1 Å². The van der Waals surface area contributed by atoms with E-state index in [0.717, 1.165) is 12.1 Å². The summed E-state index contributed by atoms with van der Waals surface area (Å²) in [7, 11) is 0. The van der Waals surface area contributed by atoms with Gasteiger partial charge in [0.15, 0.2) is 5.58 Å². The molecule has 0 saturated heterocycles. The first kappa shape index (κ1) is 17.9. The Balaban J connectivity index is 1.68. The van der Waals surface area contributed by atoms with E-state index in [4.69, 9.17) is 16.0 Å². The van der Waals surface area contributed by atoms with Crippen LogP contribution in [0.5, 0.6) is 0 Å². The Morgan fingerprint density at radius 2 is 2.00 bits per heavy atom. The lowest BCUT2D eigenvalue weighted by molar-refractivity contribution is -0.137. The van der Waals surface area contributed by atoms with Crippen LogP contribution < -0.4 is 16.4 Å². The van der Waals surface area contributed by atoms with Gasteiger partial charge in [-0.05, 0) is 29.8 Å². The summed E-state index contributed by atoms with van der Waals surface area (Å²) < 4.78 is 42.7. The number of anilines is 1. The predicted molar refractivity (Wildman–Crippen MR) is 89.1 cm³/mol. The SMILES string of the molecule is O=C(NCc1ccc(C(F)(F)F)cc1Cl)Nc1cccc2oc(=O)[nH]c12. The molecule has 3 aromatic rings. The Kier molecular flexibility index (Phi) is 4.64. The largest absolute Gasteiger partial charge is 0.417 e. The molecule has 6 nitrogen and oxygen atoms in total. The highest BCUT2D eigenvalue weighted by atomic mass is 35.5. The first-order valence-corrected chi connectivity index (χ1v) is 7.64. The van der Waals surface area contributed by atoms with E-state index in [2.05, 4.69) is 15.6 Å². The minimum atomic E-state index is -4.49. The van der Waals surface area contributed by atoms with Crippen LogP contribution in [0.25, 0.3) is 11.1 Å². The molecule has 0 aliphatic rings. The van der Waals surface area contributed by atoms with Crippen LogP contribution in [-0.4, -0.2) is 11.0 Å². The molecule has 1 aromatic heterocycles. The van der Waals surface area contributed by atoms with Gasteiger partial charge in [0.2, 0.25) is 0 Å². The molecule has 0 bridgehead atoms. The average Bonchev–Trinajstić information content (AvgIpc) is 2.94. The summed E-state index contributed by atoms with van der Waals surface area (Å²) in [6, 6.07) is 6.94. The fourth-order valence-electron chi connectivity index (χ4n) is 2.29. The molecule has 0 aliphatic heterocycles. The van der Waals surface area contributed by atoms with Crippen LogP contribution in [-0.2, 0) is 12.7 Å². The molecule has 0 atom stereocenters. The van der Waals surface area contributed by atoms with E-state index in [9.17, 15) is 22.8 Å². The number of oxazole rings is 1. The molecule has 0 unspecified atom stereocenters. The van der Waals surface area contributed by atoms with Gasteiger partial charge in [-0.1, -0.05) is 23.7 Å². The maximum atomic E-state index is 12.6. The standard InChI is InChI=1S/C16H11ClF3N3O3/c17-10-6-9(16(18,19)20)5-4-8(10)7-21-14(24)22-11-2-1-3-12-13(11)23-15(25)26-12/h1-6H,7H2,(H,23,25)(H2,21,22,24). The minimum absolute atomic E-state index is 0.0827. The van der Waals surface area contributed by atoms with E-state index in [0.29, 0.717) is 16.8 Å². The summed E-state index contributed by atoms with van der Waals surface area (Å²) in [6.07, 6.45) is -4.49. The zero-order valence-corrected chi connectivity index (χ0v) is 13.7. The normalized spacial score (nSPS) is 11.5. The lowest BCUT2D eigenvalue weighted by atomic mass is 10.1. The van der Waals surface area contributed by atoms with Gasteiger partial charge in [-0.2, -0.15) is 13.2 Å². The van der Waals surface area contributed by atoms with Crippen molar-refractivity contribution < 1.29 is 22.4 Å². The van der Waals surface area contributed by atoms with Gasteiger partial charge < -0.3 is 15.1 Å². The second-order valence-corrected chi connectivity index (χ2v) is 5.71. The number of halogens is 4. The van der Waals surface area contributed by atoms with Gasteiger partial charge in [0, 0.05) is 11.6 Å². The number of amides is 2. The number of rotatable bonds is 3. The Morgan fingerprint density at radius 1 is 1.23 bits per heavy atom. The molecular formula is C16H11ClF3N3O3. The van der Waals surface area contributed by atoms with E-state index >= 15 is 0 Å². The zero-order chi connectivity index (χ0) is 18.9. The number of H-pyrrole nitrogens is 1. The van der Waals surface area contributed by atoms with E-state index in [1.54, 1.807) is 18.2 Å². The second-order valence-electron chi connectivity index (χ2n) is 5.30. The van der Waals surface area contributed by atoms with Gasteiger partial charge in [0.25, 0.3) is 0 Å². The first-order valence-electron chi connectivity index (χ1n) is 7.26. The lowest BCUT2D eigenvalue weighted by Crippen LogP contribution is -2.28. The first-order chi connectivity index (χ1) is 12.2. The summed E-state index contributed by atoms with van der Waals surface area (Å²) in [6.45, 7) is -0.0827. The summed E-state index contributed by atoms with van der Waals surface area (Å²) >= 11 is 5.84. The number of aromatic amines is 1. The van der Waals surface area contributed by atoms with E-state index in [1.807, 2.05) is 0 Å². The third kappa shape index (κ3) is 3.83. The van der Waals surface area contributed by atoms with Crippen molar-refractivity contribution in [2.45, 2.75) is 12.7 Å². The quantitative estimate of drug-likeness (QED) is 0.634. The highest BCUT2D eigenvalue weighted by Crippen LogP contribution is 2.32. The van der Waals surface area contributed by atoms with Crippen molar-refractivity contribution in [1.29, 1.82) is 0 Å². The van der Waals surface area contributed by atoms with Crippen molar-refractivity contribution in [3.8, 4) is 0 Å². The third-order valence-electron chi connectivity index (χ3n) is 3.52. The molecule has 0 radical (unpaired) electrons. The molecular weight excluding hydrogens is 375 g/mol. The van der Waals surface area contributed by atoms with E-state index < -0.39 is 23.5 Å². The number of benzene rings is 2. The molecule has 2 amide bonds. The number of carbonyl (C=O) groups is 1. The highest BCUT2D eigenvalue weighted by molar-refractivity contribution is 6.31. The molecule has 0 saturated carbocycles. The van der Waals surface area contributed by atoms with Gasteiger partial charge >= 0.3 is 18.0 Å². The predicted octanol–water partition coefficient (Wildman–Crippen LogP) is 4.12. The number of para-hydroxylation sites is 1.